The van der Waals surface area contributed by atoms with Gasteiger partial charge in [-0.3, -0.25) is 4.90 Å². The van der Waals surface area contributed by atoms with E-state index in [0.717, 1.165) is 25.7 Å². The summed E-state index contributed by atoms with van der Waals surface area (Å²) in [5, 5.41) is 3.52. The zero-order chi connectivity index (χ0) is 14.7. The van der Waals surface area contributed by atoms with Gasteiger partial charge in [-0.05, 0) is 38.9 Å². The Morgan fingerprint density at radius 2 is 2.24 bits per heavy atom. The summed E-state index contributed by atoms with van der Waals surface area (Å²) in [7, 11) is 0. The topological polar surface area (TPSA) is 31.4 Å². The minimum atomic E-state index is 0.364. The second-order valence-electron chi connectivity index (χ2n) is 6.33. The van der Waals surface area contributed by atoms with E-state index < -0.39 is 0 Å². The van der Waals surface area contributed by atoms with Gasteiger partial charge in [0, 0.05) is 43.5 Å². The highest BCUT2D eigenvalue weighted by molar-refractivity contribution is 5.49. The van der Waals surface area contributed by atoms with Gasteiger partial charge in [0.05, 0.1) is 0 Å². The molecule has 4 heteroatoms. The van der Waals surface area contributed by atoms with Crippen LogP contribution < -0.4 is 10.2 Å². The third-order valence-corrected chi connectivity index (χ3v) is 4.93. The molecule has 0 radical (unpaired) electrons. The van der Waals surface area contributed by atoms with Crippen LogP contribution in [-0.4, -0.2) is 48.6 Å². The molecule has 1 aromatic rings. The lowest BCUT2D eigenvalue weighted by atomic mass is 9.99. The Labute approximate surface area is 128 Å². The summed E-state index contributed by atoms with van der Waals surface area (Å²) >= 11 is 0. The number of piperazine rings is 1. The number of nitrogens with zero attached hydrogens (tertiary/aromatic N) is 3. The second kappa shape index (κ2) is 6.75. The van der Waals surface area contributed by atoms with Crippen LogP contribution in [0.1, 0.15) is 44.7 Å². The molecule has 0 aromatic carbocycles. The summed E-state index contributed by atoms with van der Waals surface area (Å²) in [4.78, 5) is 9.90. The number of fused-ring (bicyclic) bond motifs is 1. The molecular formula is C17H28N4. The average Bonchev–Trinajstić information content (AvgIpc) is 2.54. The minimum Gasteiger partial charge on any atom is -0.353 e. The third-order valence-electron chi connectivity index (χ3n) is 4.93. The number of anilines is 1. The van der Waals surface area contributed by atoms with Crippen LogP contribution in [0.5, 0.6) is 0 Å². The maximum absolute atomic E-state index is 4.71. The first-order valence-electron chi connectivity index (χ1n) is 8.47. The molecule has 0 saturated carbocycles. The SMILES string of the molecule is CCNC(C)c1cccnc1N1CCN2CCCCC2C1. The van der Waals surface area contributed by atoms with E-state index in [2.05, 4.69) is 41.1 Å². The third kappa shape index (κ3) is 3.22. The fraction of sp³-hybridized carbons (Fsp3) is 0.706. The van der Waals surface area contributed by atoms with Crippen molar-refractivity contribution in [3.8, 4) is 0 Å². The van der Waals surface area contributed by atoms with Crippen molar-refractivity contribution in [2.24, 2.45) is 0 Å². The lowest BCUT2D eigenvalue weighted by Crippen LogP contribution is -2.55. The molecule has 0 aliphatic carbocycles. The first-order chi connectivity index (χ1) is 10.3. The maximum atomic E-state index is 4.71. The average molecular weight is 288 g/mol. The van der Waals surface area contributed by atoms with Crippen molar-refractivity contribution >= 4 is 5.82 Å². The van der Waals surface area contributed by atoms with Crippen LogP contribution in [-0.2, 0) is 0 Å². The summed E-state index contributed by atoms with van der Waals surface area (Å²) in [5.74, 6) is 1.19. The molecule has 2 unspecified atom stereocenters. The summed E-state index contributed by atoms with van der Waals surface area (Å²) in [6, 6.07) is 5.38. The van der Waals surface area contributed by atoms with Crippen molar-refractivity contribution in [3.05, 3.63) is 23.9 Å². The number of piperidine rings is 1. The largest absolute Gasteiger partial charge is 0.353 e. The number of hydrogen-bond donors (Lipinski definition) is 1. The van der Waals surface area contributed by atoms with Gasteiger partial charge in [0.15, 0.2) is 0 Å². The molecule has 0 amide bonds. The molecular weight excluding hydrogens is 260 g/mol. The Morgan fingerprint density at radius 3 is 3.10 bits per heavy atom. The first kappa shape index (κ1) is 14.8. The van der Waals surface area contributed by atoms with Crippen LogP contribution in [0.25, 0.3) is 0 Å². The van der Waals surface area contributed by atoms with E-state index >= 15 is 0 Å². The molecule has 3 heterocycles. The molecule has 1 aromatic heterocycles. The molecule has 0 spiro atoms. The van der Waals surface area contributed by atoms with Gasteiger partial charge < -0.3 is 10.2 Å². The number of aromatic nitrogens is 1. The van der Waals surface area contributed by atoms with Crippen LogP contribution in [0.2, 0.25) is 0 Å². The van der Waals surface area contributed by atoms with E-state index in [-0.39, 0.29) is 0 Å². The zero-order valence-corrected chi connectivity index (χ0v) is 13.4. The van der Waals surface area contributed by atoms with E-state index in [1.54, 1.807) is 0 Å². The van der Waals surface area contributed by atoms with Gasteiger partial charge in [0.1, 0.15) is 5.82 Å². The lowest BCUT2D eigenvalue weighted by molar-refractivity contribution is 0.133. The molecule has 2 saturated heterocycles. The summed E-state index contributed by atoms with van der Waals surface area (Å²) < 4.78 is 0. The Balaban J connectivity index is 1.77. The highest BCUT2D eigenvalue weighted by Gasteiger charge is 2.30. The van der Waals surface area contributed by atoms with Gasteiger partial charge in [0.25, 0.3) is 0 Å². The van der Waals surface area contributed by atoms with Crippen LogP contribution in [0.15, 0.2) is 18.3 Å². The van der Waals surface area contributed by atoms with Crippen molar-refractivity contribution in [2.45, 2.75) is 45.2 Å². The van der Waals surface area contributed by atoms with Gasteiger partial charge in [-0.15, -0.1) is 0 Å². The van der Waals surface area contributed by atoms with Gasteiger partial charge >= 0.3 is 0 Å². The molecule has 2 aliphatic rings. The fourth-order valence-corrected chi connectivity index (χ4v) is 3.78. The van der Waals surface area contributed by atoms with Crippen molar-refractivity contribution in [3.63, 3.8) is 0 Å². The minimum absolute atomic E-state index is 0.364. The number of hydrogen-bond acceptors (Lipinski definition) is 4. The van der Waals surface area contributed by atoms with Crippen LogP contribution in [0.4, 0.5) is 5.82 Å². The predicted molar refractivity (Wildman–Crippen MR) is 87.8 cm³/mol. The summed E-state index contributed by atoms with van der Waals surface area (Å²) in [6.45, 7) is 10.1. The second-order valence-corrected chi connectivity index (χ2v) is 6.33. The lowest BCUT2D eigenvalue weighted by Gasteiger charge is -2.45. The van der Waals surface area contributed by atoms with E-state index in [0.29, 0.717) is 6.04 Å². The van der Waals surface area contributed by atoms with E-state index in [9.17, 15) is 0 Å². The fourth-order valence-electron chi connectivity index (χ4n) is 3.78. The Morgan fingerprint density at radius 1 is 1.33 bits per heavy atom. The summed E-state index contributed by atoms with van der Waals surface area (Å²) in [6.07, 6.45) is 6.05. The standard InChI is InChI=1S/C17H28N4/c1-3-18-14(2)16-8-6-9-19-17(16)21-12-11-20-10-5-4-7-15(20)13-21/h6,8-9,14-15,18H,3-5,7,10-13H2,1-2H3. The van der Waals surface area contributed by atoms with Crippen molar-refractivity contribution < 1.29 is 0 Å². The normalized spacial score (nSPS) is 24.7. The van der Waals surface area contributed by atoms with E-state index in [1.807, 2.05) is 6.20 Å². The molecule has 2 aliphatic heterocycles. The molecule has 3 rings (SSSR count). The Kier molecular flexibility index (Phi) is 4.76. The van der Waals surface area contributed by atoms with Crippen LogP contribution in [0, 0.1) is 0 Å². The van der Waals surface area contributed by atoms with Crippen molar-refractivity contribution in [1.29, 1.82) is 0 Å². The van der Waals surface area contributed by atoms with Crippen molar-refractivity contribution in [2.75, 3.05) is 37.6 Å². The van der Waals surface area contributed by atoms with Gasteiger partial charge in [-0.1, -0.05) is 19.4 Å². The van der Waals surface area contributed by atoms with E-state index in [1.165, 1.54) is 43.7 Å². The van der Waals surface area contributed by atoms with Crippen LogP contribution in [0.3, 0.4) is 0 Å². The number of pyridine rings is 1. The Bertz CT molecular complexity index is 462. The van der Waals surface area contributed by atoms with Gasteiger partial charge in [-0.2, -0.15) is 0 Å². The van der Waals surface area contributed by atoms with E-state index in [4.69, 9.17) is 4.98 Å². The zero-order valence-electron chi connectivity index (χ0n) is 13.4. The smallest absolute Gasteiger partial charge is 0.133 e. The quantitative estimate of drug-likeness (QED) is 0.922. The monoisotopic (exact) mass is 288 g/mol. The van der Waals surface area contributed by atoms with Crippen LogP contribution >= 0.6 is 0 Å². The molecule has 4 nitrogen and oxygen atoms in total. The summed E-state index contributed by atoms with van der Waals surface area (Å²) in [5.41, 5.74) is 1.34. The number of rotatable bonds is 4. The molecule has 2 fully saturated rings. The number of nitrogens with one attached hydrogen (secondary N) is 1. The predicted octanol–water partition coefficient (Wildman–Crippen LogP) is 2.43. The maximum Gasteiger partial charge on any atom is 0.133 e. The molecule has 2 atom stereocenters. The molecule has 21 heavy (non-hydrogen) atoms. The van der Waals surface area contributed by atoms with Gasteiger partial charge in [-0.25, -0.2) is 4.98 Å². The molecule has 0 bridgehead atoms. The van der Waals surface area contributed by atoms with Gasteiger partial charge in [0.2, 0.25) is 0 Å². The Hall–Kier alpha value is -1.13. The highest BCUT2D eigenvalue weighted by Crippen LogP contribution is 2.28. The molecule has 116 valence electrons. The molecule has 1 N–H and O–H groups in total. The first-order valence-corrected chi connectivity index (χ1v) is 8.47. The van der Waals surface area contributed by atoms with Crippen molar-refractivity contribution in [1.82, 2.24) is 15.2 Å². The highest BCUT2D eigenvalue weighted by atomic mass is 15.3.